The van der Waals surface area contributed by atoms with E-state index in [0.29, 0.717) is 45.3 Å². The highest BCUT2D eigenvalue weighted by Crippen LogP contribution is 2.33. The third-order valence-corrected chi connectivity index (χ3v) is 7.10. The lowest BCUT2D eigenvalue weighted by Crippen LogP contribution is -2.39. The SMILES string of the molecule is CCOC(=O)C1=C(C)N=c2s/c(=C\c3ccc(OCC)c(OCC)c3)c(=O)n2[C@@H]1c1cccs1. The number of aromatic nitrogens is 1. The van der Waals surface area contributed by atoms with Crippen LogP contribution in [0.25, 0.3) is 6.08 Å². The maximum atomic E-state index is 13.6. The Bertz CT molecular complexity index is 1400. The molecule has 2 aromatic heterocycles. The Kier molecular flexibility index (Phi) is 7.33. The molecule has 0 radical (unpaired) electrons. The van der Waals surface area contributed by atoms with Gasteiger partial charge in [0, 0.05) is 4.88 Å². The molecule has 0 unspecified atom stereocenters. The van der Waals surface area contributed by atoms with E-state index in [0.717, 1.165) is 10.4 Å². The number of ether oxygens (including phenoxy) is 3. The van der Waals surface area contributed by atoms with E-state index in [2.05, 4.69) is 4.99 Å². The summed E-state index contributed by atoms with van der Waals surface area (Å²) in [7, 11) is 0. The van der Waals surface area contributed by atoms with Crippen LogP contribution in [0.1, 0.15) is 44.2 Å². The molecule has 0 saturated heterocycles. The van der Waals surface area contributed by atoms with Gasteiger partial charge in [0.15, 0.2) is 16.3 Å². The van der Waals surface area contributed by atoms with E-state index in [9.17, 15) is 9.59 Å². The Balaban J connectivity index is 1.86. The maximum Gasteiger partial charge on any atom is 0.338 e. The number of nitrogens with zero attached hydrogens (tertiary/aromatic N) is 2. The number of carbonyl (C=O) groups is 1. The van der Waals surface area contributed by atoms with Gasteiger partial charge in [-0.25, -0.2) is 9.79 Å². The summed E-state index contributed by atoms with van der Waals surface area (Å²) in [5.41, 5.74) is 1.56. The van der Waals surface area contributed by atoms with Crippen molar-refractivity contribution < 1.29 is 19.0 Å². The summed E-state index contributed by atoms with van der Waals surface area (Å²) in [5.74, 6) is 0.836. The lowest BCUT2D eigenvalue weighted by atomic mass is 10.0. The highest BCUT2D eigenvalue weighted by molar-refractivity contribution is 7.10. The van der Waals surface area contributed by atoms with E-state index < -0.39 is 12.0 Å². The van der Waals surface area contributed by atoms with Crippen LogP contribution in [-0.2, 0) is 9.53 Å². The minimum Gasteiger partial charge on any atom is -0.490 e. The Hall–Kier alpha value is -3.17. The molecule has 0 amide bonds. The van der Waals surface area contributed by atoms with Gasteiger partial charge in [0.05, 0.1) is 35.6 Å². The van der Waals surface area contributed by atoms with Gasteiger partial charge in [0.2, 0.25) is 0 Å². The zero-order valence-corrected chi connectivity index (χ0v) is 21.1. The van der Waals surface area contributed by atoms with Crippen LogP contribution in [0.15, 0.2) is 56.8 Å². The van der Waals surface area contributed by atoms with E-state index in [-0.39, 0.29) is 12.2 Å². The molecule has 0 aliphatic carbocycles. The Morgan fingerprint density at radius 3 is 2.56 bits per heavy atom. The molecule has 7 nitrogen and oxygen atoms in total. The van der Waals surface area contributed by atoms with Crippen LogP contribution in [0, 0.1) is 0 Å². The molecule has 4 rings (SSSR count). The van der Waals surface area contributed by atoms with Crippen molar-refractivity contribution in [2.45, 2.75) is 33.7 Å². The largest absolute Gasteiger partial charge is 0.490 e. The first-order chi connectivity index (χ1) is 16.5. The van der Waals surface area contributed by atoms with Gasteiger partial charge in [-0.05, 0) is 62.9 Å². The van der Waals surface area contributed by atoms with Crippen LogP contribution < -0.4 is 24.4 Å². The summed E-state index contributed by atoms with van der Waals surface area (Å²) in [4.78, 5) is 32.5. The first-order valence-corrected chi connectivity index (χ1v) is 12.8. The van der Waals surface area contributed by atoms with Gasteiger partial charge in [-0.15, -0.1) is 11.3 Å². The summed E-state index contributed by atoms with van der Waals surface area (Å²) in [6.07, 6.45) is 1.82. The van der Waals surface area contributed by atoms with Gasteiger partial charge in [0.25, 0.3) is 5.56 Å². The molecular formula is C25H26N2O5S2. The topological polar surface area (TPSA) is 79.1 Å². The van der Waals surface area contributed by atoms with E-state index in [4.69, 9.17) is 14.2 Å². The monoisotopic (exact) mass is 498 g/mol. The molecule has 3 aromatic rings. The van der Waals surface area contributed by atoms with Crippen molar-refractivity contribution in [2.24, 2.45) is 4.99 Å². The third-order valence-electron chi connectivity index (χ3n) is 5.19. The summed E-state index contributed by atoms with van der Waals surface area (Å²) in [6, 6.07) is 8.84. The Labute approximate surface area is 205 Å². The van der Waals surface area contributed by atoms with E-state index in [1.807, 2.05) is 55.6 Å². The molecule has 1 aromatic carbocycles. The fraction of sp³-hybridized carbons (Fsp3) is 0.320. The summed E-state index contributed by atoms with van der Waals surface area (Å²) < 4.78 is 18.8. The Morgan fingerprint density at radius 2 is 1.88 bits per heavy atom. The second-order valence-corrected chi connectivity index (χ2v) is 9.38. The lowest BCUT2D eigenvalue weighted by molar-refractivity contribution is -0.139. The van der Waals surface area contributed by atoms with E-state index >= 15 is 0 Å². The van der Waals surface area contributed by atoms with Crippen molar-refractivity contribution in [3.63, 3.8) is 0 Å². The second-order valence-electron chi connectivity index (χ2n) is 7.39. The standard InChI is InChI=1S/C25H26N2O5S2/c1-5-30-17-11-10-16(13-18(17)31-6-2)14-20-23(28)27-22(19-9-8-12-33-19)21(24(29)32-7-3)15(4)26-25(27)34-20/h8-14,22H,5-7H2,1-4H3/b20-14-/t22-/m1/s1. The lowest BCUT2D eigenvalue weighted by Gasteiger charge is -2.23. The number of allylic oxidation sites excluding steroid dienone is 1. The average Bonchev–Trinajstić information content (AvgIpc) is 3.44. The highest BCUT2D eigenvalue weighted by Gasteiger charge is 2.33. The smallest absolute Gasteiger partial charge is 0.338 e. The minimum atomic E-state index is -0.572. The van der Waals surface area contributed by atoms with Gasteiger partial charge in [-0.3, -0.25) is 9.36 Å². The molecule has 178 valence electrons. The number of hydrogen-bond acceptors (Lipinski definition) is 8. The molecule has 1 aliphatic rings. The summed E-state index contributed by atoms with van der Waals surface area (Å²) in [6.45, 7) is 8.65. The predicted octanol–water partition coefficient (Wildman–Crippen LogP) is 3.66. The molecule has 0 spiro atoms. The van der Waals surface area contributed by atoms with Crippen molar-refractivity contribution in [1.82, 2.24) is 4.57 Å². The number of hydrogen-bond donors (Lipinski definition) is 0. The number of benzene rings is 1. The van der Waals surface area contributed by atoms with Crippen LogP contribution >= 0.6 is 22.7 Å². The molecular weight excluding hydrogens is 472 g/mol. The van der Waals surface area contributed by atoms with Crippen LogP contribution in [-0.4, -0.2) is 30.4 Å². The van der Waals surface area contributed by atoms with Gasteiger partial charge in [-0.2, -0.15) is 0 Å². The number of thiazole rings is 1. The first kappa shape index (κ1) is 24.0. The Morgan fingerprint density at radius 1 is 1.12 bits per heavy atom. The molecule has 9 heteroatoms. The molecule has 0 saturated carbocycles. The van der Waals surface area contributed by atoms with E-state index in [1.165, 1.54) is 22.7 Å². The second kappa shape index (κ2) is 10.4. The number of thiophene rings is 1. The number of rotatable bonds is 8. The zero-order chi connectivity index (χ0) is 24.2. The van der Waals surface area contributed by atoms with Gasteiger partial charge in [0.1, 0.15) is 6.04 Å². The molecule has 34 heavy (non-hydrogen) atoms. The van der Waals surface area contributed by atoms with Crippen molar-refractivity contribution in [1.29, 1.82) is 0 Å². The summed E-state index contributed by atoms with van der Waals surface area (Å²) in [5, 5.41) is 1.93. The molecule has 1 atom stereocenters. The quantitative estimate of drug-likeness (QED) is 0.443. The summed E-state index contributed by atoms with van der Waals surface area (Å²) >= 11 is 2.79. The van der Waals surface area contributed by atoms with Crippen molar-refractivity contribution in [3.05, 3.63) is 77.1 Å². The first-order valence-electron chi connectivity index (χ1n) is 11.1. The molecule has 0 fully saturated rings. The van der Waals surface area contributed by atoms with Gasteiger partial charge < -0.3 is 14.2 Å². The van der Waals surface area contributed by atoms with Crippen LogP contribution in [0.2, 0.25) is 0 Å². The fourth-order valence-corrected chi connectivity index (χ4v) is 5.69. The molecule has 1 aliphatic heterocycles. The minimum absolute atomic E-state index is 0.205. The molecule has 0 N–H and O–H groups in total. The van der Waals surface area contributed by atoms with Gasteiger partial charge in [-0.1, -0.05) is 23.5 Å². The van der Waals surface area contributed by atoms with Crippen molar-refractivity contribution >= 4 is 34.7 Å². The van der Waals surface area contributed by atoms with Crippen LogP contribution in [0.3, 0.4) is 0 Å². The third kappa shape index (κ3) is 4.58. The normalized spacial score (nSPS) is 15.6. The van der Waals surface area contributed by atoms with Crippen LogP contribution in [0.5, 0.6) is 11.5 Å². The van der Waals surface area contributed by atoms with Crippen LogP contribution in [0.4, 0.5) is 0 Å². The fourth-order valence-electron chi connectivity index (χ4n) is 3.82. The average molecular weight is 499 g/mol. The molecule has 0 bridgehead atoms. The highest BCUT2D eigenvalue weighted by atomic mass is 32.1. The number of carbonyl (C=O) groups excluding carboxylic acids is 1. The van der Waals surface area contributed by atoms with E-state index in [1.54, 1.807) is 18.4 Å². The van der Waals surface area contributed by atoms with Gasteiger partial charge >= 0.3 is 5.97 Å². The predicted molar refractivity (Wildman–Crippen MR) is 133 cm³/mol. The number of fused-ring (bicyclic) bond motifs is 1. The zero-order valence-electron chi connectivity index (χ0n) is 19.5. The molecule has 3 heterocycles. The number of esters is 1. The maximum absolute atomic E-state index is 13.6. The van der Waals surface area contributed by atoms with Crippen molar-refractivity contribution in [2.75, 3.05) is 19.8 Å². The van der Waals surface area contributed by atoms with Crippen molar-refractivity contribution in [3.8, 4) is 11.5 Å².